The van der Waals surface area contributed by atoms with Crippen molar-refractivity contribution < 1.29 is 17.9 Å². The number of piperazine rings is 1. The first-order valence-corrected chi connectivity index (χ1v) is 7.82. The van der Waals surface area contributed by atoms with E-state index in [9.17, 15) is 13.2 Å². The predicted molar refractivity (Wildman–Crippen MR) is 92.1 cm³/mol. The molecule has 1 aromatic carbocycles. The van der Waals surface area contributed by atoms with Crippen molar-refractivity contribution in [2.24, 2.45) is 5.92 Å². The highest BCUT2D eigenvalue weighted by Crippen LogP contribution is 2.41. The van der Waals surface area contributed by atoms with Crippen LogP contribution in [-0.2, 0) is 0 Å². The number of hydrogen-bond acceptors (Lipinski definition) is 3. The molecule has 0 aromatic heterocycles. The fraction of sp³-hybridized carbons (Fsp3) is 0.625. The quantitative estimate of drug-likeness (QED) is 0.821. The molecule has 1 aliphatic heterocycles. The monoisotopic (exact) mass is 386 g/mol. The number of nitrogens with zero attached hydrogens (tertiary/aromatic N) is 1. The van der Waals surface area contributed by atoms with Crippen LogP contribution in [0, 0.1) is 5.92 Å². The summed E-state index contributed by atoms with van der Waals surface area (Å²) in [6.07, 6.45) is -1.14. The van der Waals surface area contributed by atoms with Gasteiger partial charge in [-0.2, -0.15) is 0 Å². The lowest BCUT2D eigenvalue weighted by Crippen LogP contribution is -2.45. The van der Waals surface area contributed by atoms with Crippen molar-refractivity contribution in [1.82, 2.24) is 10.2 Å². The van der Waals surface area contributed by atoms with Crippen molar-refractivity contribution in [3.63, 3.8) is 0 Å². The van der Waals surface area contributed by atoms with Crippen LogP contribution in [0.15, 0.2) is 24.3 Å². The summed E-state index contributed by atoms with van der Waals surface area (Å²) in [5, 5.41) is 3.32. The summed E-state index contributed by atoms with van der Waals surface area (Å²) in [6, 6.07) is 6.66. The molecular weight excluding hydrogens is 364 g/mol. The minimum atomic E-state index is -4.64. The number of alkyl halides is 3. The van der Waals surface area contributed by atoms with Crippen LogP contribution < -0.4 is 10.1 Å². The largest absolute Gasteiger partial charge is 0.573 e. The highest BCUT2D eigenvalue weighted by atomic mass is 35.5. The smallest absolute Gasteiger partial charge is 0.406 e. The molecule has 2 fully saturated rings. The molecule has 3 nitrogen and oxygen atoms in total. The number of halogens is 5. The minimum absolute atomic E-state index is 0. The van der Waals surface area contributed by atoms with Gasteiger partial charge in [-0.25, -0.2) is 0 Å². The molecule has 0 bridgehead atoms. The van der Waals surface area contributed by atoms with Gasteiger partial charge in [-0.05, 0) is 30.0 Å². The fourth-order valence-corrected chi connectivity index (χ4v) is 3.08. The normalized spacial score (nSPS) is 19.8. The molecule has 1 saturated heterocycles. The Bertz CT molecular complexity index is 506. The van der Waals surface area contributed by atoms with Gasteiger partial charge in [-0.15, -0.1) is 38.0 Å². The lowest BCUT2D eigenvalue weighted by atomic mass is 9.98. The Morgan fingerprint density at radius 1 is 1.17 bits per heavy atom. The van der Waals surface area contributed by atoms with Gasteiger partial charge in [0, 0.05) is 32.2 Å². The number of hydrogen-bond donors (Lipinski definition) is 1. The maximum absolute atomic E-state index is 12.4. The lowest BCUT2D eigenvalue weighted by Gasteiger charge is -2.35. The molecule has 1 N–H and O–H groups in total. The van der Waals surface area contributed by atoms with Crippen molar-refractivity contribution in [3.05, 3.63) is 29.8 Å². The van der Waals surface area contributed by atoms with Crippen molar-refractivity contribution in [3.8, 4) is 5.75 Å². The fourth-order valence-electron chi connectivity index (χ4n) is 3.08. The average molecular weight is 387 g/mol. The summed E-state index contributed by atoms with van der Waals surface area (Å²) in [6.45, 7) is 3.73. The highest BCUT2D eigenvalue weighted by molar-refractivity contribution is 5.85. The van der Waals surface area contributed by atoms with Gasteiger partial charge in [0.1, 0.15) is 5.75 Å². The first kappa shape index (κ1) is 21.4. The zero-order valence-electron chi connectivity index (χ0n) is 13.2. The molecule has 1 atom stereocenters. The maximum atomic E-state index is 12.4. The number of benzene rings is 1. The van der Waals surface area contributed by atoms with Gasteiger partial charge < -0.3 is 10.1 Å². The van der Waals surface area contributed by atoms with Crippen molar-refractivity contribution in [2.75, 3.05) is 26.2 Å². The van der Waals surface area contributed by atoms with Crippen molar-refractivity contribution in [2.45, 2.75) is 31.7 Å². The maximum Gasteiger partial charge on any atom is 0.573 e. The first-order chi connectivity index (χ1) is 10.5. The number of nitrogens with one attached hydrogen (secondary N) is 1. The van der Waals surface area contributed by atoms with E-state index in [-0.39, 0.29) is 36.6 Å². The van der Waals surface area contributed by atoms with E-state index in [2.05, 4.69) is 15.0 Å². The molecular formula is C16H23Cl2F3N2O. The third-order valence-corrected chi connectivity index (χ3v) is 4.32. The Morgan fingerprint density at radius 3 is 2.42 bits per heavy atom. The van der Waals surface area contributed by atoms with Crippen molar-refractivity contribution >= 4 is 24.8 Å². The molecule has 138 valence electrons. The van der Waals surface area contributed by atoms with Gasteiger partial charge in [0.25, 0.3) is 0 Å². The summed E-state index contributed by atoms with van der Waals surface area (Å²) in [4.78, 5) is 2.38. The second-order valence-electron chi connectivity index (χ2n) is 6.10. The predicted octanol–water partition coefficient (Wildman–Crippen LogP) is 4.18. The molecule has 0 amide bonds. The van der Waals surface area contributed by atoms with Crippen LogP contribution >= 0.6 is 24.8 Å². The van der Waals surface area contributed by atoms with Gasteiger partial charge in [0.2, 0.25) is 0 Å². The van der Waals surface area contributed by atoms with E-state index in [1.54, 1.807) is 12.1 Å². The molecule has 8 heteroatoms. The SMILES string of the molecule is Cl.Cl.FC(F)(F)Oc1cccc([C@@H](CC2CC2)N2CCNCC2)c1. The lowest BCUT2D eigenvalue weighted by molar-refractivity contribution is -0.274. The average Bonchev–Trinajstić information content (AvgIpc) is 3.28. The standard InChI is InChI=1S/C16H21F3N2O.2ClH/c17-16(18,19)22-14-3-1-2-13(11-14)15(10-12-4-5-12)21-8-6-20-7-9-21;;/h1-3,11-12,15,20H,4-10H2;2*1H/t15-;;/m1../s1. The van der Waals surface area contributed by atoms with E-state index in [0.717, 1.165) is 38.2 Å². The second-order valence-corrected chi connectivity index (χ2v) is 6.10. The topological polar surface area (TPSA) is 24.5 Å². The molecule has 24 heavy (non-hydrogen) atoms. The third-order valence-electron chi connectivity index (χ3n) is 4.32. The van der Waals surface area contributed by atoms with E-state index < -0.39 is 6.36 Å². The summed E-state index contributed by atoms with van der Waals surface area (Å²) in [7, 11) is 0. The molecule has 0 unspecified atom stereocenters. The van der Waals surface area contributed by atoms with E-state index in [0.29, 0.717) is 5.92 Å². The van der Waals surface area contributed by atoms with Gasteiger partial charge >= 0.3 is 6.36 Å². The second kappa shape index (κ2) is 9.13. The van der Waals surface area contributed by atoms with Crippen LogP contribution in [0.2, 0.25) is 0 Å². The molecule has 0 spiro atoms. The van der Waals surface area contributed by atoms with E-state index in [4.69, 9.17) is 0 Å². The van der Waals surface area contributed by atoms with Crippen molar-refractivity contribution in [1.29, 1.82) is 0 Å². The zero-order chi connectivity index (χ0) is 15.6. The van der Waals surface area contributed by atoms with Crippen LogP contribution in [-0.4, -0.2) is 37.4 Å². The van der Waals surface area contributed by atoms with E-state index >= 15 is 0 Å². The third kappa shape index (κ3) is 6.31. The first-order valence-electron chi connectivity index (χ1n) is 7.82. The van der Waals surface area contributed by atoms with Crippen LogP contribution in [0.25, 0.3) is 0 Å². The Balaban J connectivity index is 0.00000144. The molecule has 1 saturated carbocycles. The number of rotatable bonds is 5. The Morgan fingerprint density at radius 2 is 1.83 bits per heavy atom. The number of ether oxygens (including phenoxy) is 1. The van der Waals surface area contributed by atoms with Gasteiger partial charge in [0.15, 0.2) is 0 Å². The van der Waals surface area contributed by atoms with Crippen LogP contribution in [0.3, 0.4) is 0 Å². The van der Waals surface area contributed by atoms with Gasteiger partial charge in [0.05, 0.1) is 0 Å². The Hall–Kier alpha value is -0.690. The van der Waals surface area contributed by atoms with E-state index in [1.165, 1.54) is 18.9 Å². The van der Waals surface area contributed by atoms with Gasteiger partial charge in [-0.1, -0.05) is 25.0 Å². The highest BCUT2D eigenvalue weighted by Gasteiger charge is 2.33. The van der Waals surface area contributed by atoms with E-state index in [1.807, 2.05) is 6.07 Å². The Kier molecular flexibility index (Phi) is 8.12. The molecule has 0 radical (unpaired) electrons. The van der Waals surface area contributed by atoms with Crippen LogP contribution in [0.5, 0.6) is 5.75 Å². The summed E-state index contributed by atoms with van der Waals surface area (Å²) < 4.78 is 41.3. The van der Waals surface area contributed by atoms with Crippen LogP contribution in [0.1, 0.15) is 30.9 Å². The summed E-state index contributed by atoms with van der Waals surface area (Å²) in [5.74, 6) is 0.591. The minimum Gasteiger partial charge on any atom is -0.406 e. The zero-order valence-corrected chi connectivity index (χ0v) is 14.9. The molecule has 1 aliphatic carbocycles. The van der Waals surface area contributed by atoms with Crippen LogP contribution in [0.4, 0.5) is 13.2 Å². The Labute approximate surface area is 152 Å². The molecule has 3 rings (SSSR count). The molecule has 1 heterocycles. The van der Waals surface area contributed by atoms with Gasteiger partial charge in [-0.3, -0.25) is 4.90 Å². The molecule has 2 aliphatic rings. The summed E-state index contributed by atoms with van der Waals surface area (Å²) in [5.41, 5.74) is 0.926. The molecule has 1 aromatic rings. The summed E-state index contributed by atoms with van der Waals surface area (Å²) >= 11 is 0.